The Morgan fingerprint density at radius 3 is 2.60 bits per heavy atom. The van der Waals surface area contributed by atoms with Gasteiger partial charge in [0.15, 0.2) is 6.61 Å². The number of thiophene rings is 1. The van der Waals surface area contributed by atoms with Gasteiger partial charge in [-0.1, -0.05) is 0 Å². The Morgan fingerprint density at radius 1 is 1.28 bits per heavy atom. The number of likely N-dealkylation sites (N-methyl/N-ethyl adjacent to an activating group) is 1. The van der Waals surface area contributed by atoms with E-state index in [4.69, 9.17) is 4.74 Å². The second-order valence-electron chi connectivity index (χ2n) is 5.67. The second-order valence-corrected chi connectivity index (χ2v) is 6.70. The maximum Gasteiger partial charge on any atom is 0.348 e. The molecule has 0 radical (unpaired) electrons. The Labute approximate surface area is 147 Å². The van der Waals surface area contributed by atoms with Gasteiger partial charge in [0.1, 0.15) is 15.5 Å². The number of aryl methyl sites for hydroxylation is 1. The van der Waals surface area contributed by atoms with E-state index in [2.05, 4.69) is 5.10 Å². The number of carbonyl (C=O) groups excluding carboxylic acids is 2. The number of nitrogens with zero attached hydrogens (tertiary/aromatic N) is 3. The second kappa shape index (κ2) is 6.64. The molecular weight excluding hydrogens is 345 g/mol. The predicted molar refractivity (Wildman–Crippen MR) is 92.6 cm³/mol. The summed E-state index contributed by atoms with van der Waals surface area (Å²) in [6.45, 7) is 1.53. The van der Waals surface area contributed by atoms with E-state index >= 15 is 0 Å². The van der Waals surface area contributed by atoms with Crippen molar-refractivity contribution in [2.75, 3.05) is 20.7 Å². The van der Waals surface area contributed by atoms with Crippen LogP contribution in [0.3, 0.4) is 0 Å². The first-order valence-electron chi connectivity index (χ1n) is 7.49. The highest BCUT2D eigenvalue weighted by Gasteiger charge is 2.19. The van der Waals surface area contributed by atoms with Gasteiger partial charge >= 0.3 is 5.97 Å². The smallest absolute Gasteiger partial charge is 0.348 e. The molecule has 0 spiro atoms. The highest BCUT2D eigenvalue weighted by molar-refractivity contribution is 7.20. The largest absolute Gasteiger partial charge is 0.451 e. The third-order valence-corrected chi connectivity index (χ3v) is 4.73. The number of rotatable bonds is 4. The van der Waals surface area contributed by atoms with Gasteiger partial charge < -0.3 is 9.64 Å². The molecule has 3 aromatic rings. The lowest BCUT2D eigenvalue weighted by Gasteiger charge is -2.09. The summed E-state index contributed by atoms with van der Waals surface area (Å²) in [5.41, 5.74) is 1.45. The van der Waals surface area contributed by atoms with Crippen LogP contribution >= 0.6 is 11.3 Å². The number of halogens is 1. The van der Waals surface area contributed by atoms with E-state index in [1.54, 1.807) is 37.0 Å². The van der Waals surface area contributed by atoms with Crippen molar-refractivity contribution in [2.24, 2.45) is 0 Å². The van der Waals surface area contributed by atoms with Crippen molar-refractivity contribution < 1.29 is 18.7 Å². The Bertz CT molecular complexity index is 944. The summed E-state index contributed by atoms with van der Waals surface area (Å²) in [4.78, 5) is 26.2. The van der Waals surface area contributed by atoms with E-state index in [1.165, 1.54) is 28.4 Å². The zero-order valence-corrected chi connectivity index (χ0v) is 14.8. The zero-order chi connectivity index (χ0) is 18.1. The molecule has 2 aromatic heterocycles. The Balaban J connectivity index is 1.90. The van der Waals surface area contributed by atoms with Crippen molar-refractivity contribution in [1.29, 1.82) is 0 Å². The third kappa shape index (κ3) is 3.39. The molecule has 0 saturated carbocycles. The Morgan fingerprint density at radius 2 is 1.96 bits per heavy atom. The van der Waals surface area contributed by atoms with Crippen molar-refractivity contribution in [3.63, 3.8) is 0 Å². The average Bonchev–Trinajstić information content (AvgIpc) is 3.14. The van der Waals surface area contributed by atoms with Gasteiger partial charge in [-0.05, 0) is 37.3 Å². The van der Waals surface area contributed by atoms with Crippen LogP contribution in [0.15, 0.2) is 30.3 Å². The Kier molecular flexibility index (Phi) is 4.54. The van der Waals surface area contributed by atoms with E-state index in [0.29, 0.717) is 10.6 Å². The van der Waals surface area contributed by atoms with Gasteiger partial charge in [-0.25, -0.2) is 13.9 Å². The molecule has 2 heterocycles. The maximum absolute atomic E-state index is 13.1. The quantitative estimate of drug-likeness (QED) is 0.671. The number of ether oxygens (including phenoxy) is 1. The molecule has 6 nitrogen and oxygen atoms in total. The van der Waals surface area contributed by atoms with Crippen LogP contribution in [-0.4, -0.2) is 47.3 Å². The number of amides is 1. The van der Waals surface area contributed by atoms with Gasteiger partial charge in [-0.15, -0.1) is 11.3 Å². The zero-order valence-electron chi connectivity index (χ0n) is 13.9. The van der Waals surface area contributed by atoms with Crippen LogP contribution in [0, 0.1) is 12.7 Å². The monoisotopic (exact) mass is 361 g/mol. The molecule has 8 heteroatoms. The first kappa shape index (κ1) is 17.1. The normalized spacial score (nSPS) is 10.9. The molecule has 0 bridgehead atoms. The van der Waals surface area contributed by atoms with Gasteiger partial charge in [0, 0.05) is 19.5 Å². The topological polar surface area (TPSA) is 64.4 Å². The summed E-state index contributed by atoms with van der Waals surface area (Å²) in [6.07, 6.45) is 0. The highest BCUT2D eigenvalue weighted by Crippen LogP contribution is 2.30. The lowest BCUT2D eigenvalue weighted by Crippen LogP contribution is -2.27. The summed E-state index contributed by atoms with van der Waals surface area (Å²) in [7, 11) is 3.19. The minimum absolute atomic E-state index is 0.289. The van der Waals surface area contributed by atoms with Gasteiger partial charge in [0.25, 0.3) is 5.91 Å². The molecule has 0 saturated heterocycles. The van der Waals surface area contributed by atoms with E-state index < -0.39 is 5.97 Å². The fourth-order valence-corrected chi connectivity index (χ4v) is 3.31. The molecule has 0 atom stereocenters. The van der Waals surface area contributed by atoms with Crippen molar-refractivity contribution >= 4 is 33.4 Å². The number of aromatic nitrogens is 2. The van der Waals surface area contributed by atoms with Crippen LogP contribution in [0.4, 0.5) is 4.39 Å². The van der Waals surface area contributed by atoms with Gasteiger partial charge in [0.05, 0.1) is 11.4 Å². The summed E-state index contributed by atoms with van der Waals surface area (Å²) in [6, 6.07) is 7.65. The first-order valence-corrected chi connectivity index (χ1v) is 8.31. The number of hydrogen-bond acceptors (Lipinski definition) is 5. The van der Waals surface area contributed by atoms with Gasteiger partial charge in [0.2, 0.25) is 0 Å². The minimum Gasteiger partial charge on any atom is -0.451 e. The summed E-state index contributed by atoms with van der Waals surface area (Å²) < 4.78 is 19.8. The predicted octanol–water partition coefficient (Wildman–Crippen LogP) is 2.78. The van der Waals surface area contributed by atoms with E-state index in [9.17, 15) is 14.0 Å². The fourth-order valence-electron chi connectivity index (χ4n) is 2.23. The van der Waals surface area contributed by atoms with Crippen LogP contribution in [0.2, 0.25) is 0 Å². The molecule has 3 rings (SSSR count). The molecule has 0 N–H and O–H groups in total. The first-order chi connectivity index (χ1) is 11.9. The summed E-state index contributed by atoms with van der Waals surface area (Å²) >= 11 is 1.22. The van der Waals surface area contributed by atoms with Crippen LogP contribution in [0.25, 0.3) is 15.9 Å². The third-order valence-electron chi connectivity index (χ3n) is 3.64. The van der Waals surface area contributed by atoms with Crippen molar-refractivity contribution in [3.05, 3.63) is 46.7 Å². The maximum atomic E-state index is 13.1. The van der Waals surface area contributed by atoms with E-state index in [-0.39, 0.29) is 18.3 Å². The molecule has 0 aliphatic heterocycles. The molecule has 0 unspecified atom stereocenters. The van der Waals surface area contributed by atoms with Gasteiger partial charge in [-0.2, -0.15) is 5.10 Å². The number of carbonyl (C=O) groups is 2. The molecule has 1 aromatic carbocycles. The fraction of sp³-hybridized carbons (Fsp3) is 0.235. The van der Waals surface area contributed by atoms with E-state index in [0.717, 1.165) is 15.9 Å². The lowest BCUT2D eigenvalue weighted by atomic mass is 10.3. The molecule has 130 valence electrons. The standard InChI is InChI=1S/C17H16FN3O3S/c1-10-13-8-14(17(23)24-9-15(22)20(2)3)25-16(13)21(19-10)12-6-4-11(18)5-7-12/h4-8H,9H2,1-3H3. The number of hydrogen-bond donors (Lipinski definition) is 0. The SMILES string of the molecule is Cc1nn(-c2ccc(F)cc2)c2sc(C(=O)OCC(=O)N(C)C)cc12. The molecule has 0 aliphatic rings. The molecular formula is C17H16FN3O3S. The van der Waals surface area contributed by atoms with Crippen LogP contribution in [0.1, 0.15) is 15.4 Å². The van der Waals surface area contributed by atoms with Crippen molar-refractivity contribution in [1.82, 2.24) is 14.7 Å². The molecule has 25 heavy (non-hydrogen) atoms. The number of benzene rings is 1. The lowest BCUT2D eigenvalue weighted by molar-refractivity contribution is -0.131. The van der Waals surface area contributed by atoms with Crippen LogP contribution < -0.4 is 0 Å². The van der Waals surface area contributed by atoms with Crippen molar-refractivity contribution in [3.8, 4) is 5.69 Å². The van der Waals surface area contributed by atoms with Crippen molar-refractivity contribution in [2.45, 2.75) is 6.92 Å². The van der Waals surface area contributed by atoms with Gasteiger partial charge in [-0.3, -0.25) is 4.79 Å². The number of fused-ring (bicyclic) bond motifs is 1. The van der Waals surface area contributed by atoms with Crippen LogP contribution in [-0.2, 0) is 9.53 Å². The highest BCUT2D eigenvalue weighted by atomic mass is 32.1. The molecule has 0 fully saturated rings. The summed E-state index contributed by atoms with van der Waals surface area (Å²) in [5, 5.41) is 5.26. The van der Waals surface area contributed by atoms with Crippen LogP contribution in [0.5, 0.6) is 0 Å². The molecule has 1 amide bonds. The van der Waals surface area contributed by atoms with E-state index in [1.807, 2.05) is 6.92 Å². The number of esters is 1. The Hall–Kier alpha value is -2.74. The average molecular weight is 361 g/mol. The minimum atomic E-state index is -0.554. The molecule has 0 aliphatic carbocycles. The summed E-state index contributed by atoms with van der Waals surface area (Å²) in [5.74, 6) is -1.17.